The van der Waals surface area contributed by atoms with Gasteiger partial charge in [0.15, 0.2) is 0 Å². The zero-order valence-electron chi connectivity index (χ0n) is 10.8. The van der Waals surface area contributed by atoms with Gasteiger partial charge in [-0.3, -0.25) is 0 Å². The fraction of sp³-hybridized carbons (Fsp3) is 0.571. The molecule has 2 nitrogen and oxygen atoms in total. The van der Waals surface area contributed by atoms with E-state index in [4.69, 9.17) is 4.74 Å². The van der Waals surface area contributed by atoms with Gasteiger partial charge in [-0.05, 0) is 44.0 Å². The Hall–Kier alpha value is -1.07. The minimum absolute atomic E-state index is 0.152. The normalized spacial score (nSPS) is 21.6. The van der Waals surface area contributed by atoms with Crippen molar-refractivity contribution in [2.45, 2.75) is 37.6 Å². The first-order valence-corrected chi connectivity index (χ1v) is 6.45. The highest BCUT2D eigenvalue weighted by Gasteiger charge is 2.30. The van der Waals surface area contributed by atoms with Gasteiger partial charge in [0.25, 0.3) is 0 Å². The van der Waals surface area contributed by atoms with Gasteiger partial charge < -0.3 is 10.1 Å². The van der Waals surface area contributed by atoms with Crippen LogP contribution in [0.5, 0.6) is 0 Å². The van der Waals surface area contributed by atoms with E-state index >= 15 is 0 Å². The first-order chi connectivity index (χ1) is 9.00. The molecule has 0 spiro atoms. The average molecular weight is 273 g/mol. The Morgan fingerprint density at radius 2 is 2.00 bits per heavy atom. The Kier molecular flexibility index (Phi) is 4.47. The topological polar surface area (TPSA) is 21.3 Å². The number of halogens is 3. The van der Waals surface area contributed by atoms with Crippen LogP contribution in [0.1, 0.15) is 24.0 Å². The molecule has 0 saturated carbocycles. The number of nitrogens with one attached hydrogen (secondary N) is 1. The first kappa shape index (κ1) is 14.3. The second-order valence-corrected chi connectivity index (χ2v) is 4.85. The van der Waals surface area contributed by atoms with Crippen molar-refractivity contribution in [3.63, 3.8) is 0 Å². The smallest absolute Gasteiger partial charge is 0.377 e. The van der Waals surface area contributed by atoms with E-state index in [1.807, 2.05) is 7.05 Å². The van der Waals surface area contributed by atoms with Gasteiger partial charge in [0, 0.05) is 12.6 Å². The third-order valence-corrected chi connectivity index (χ3v) is 3.52. The highest BCUT2D eigenvalue weighted by Crippen LogP contribution is 2.29. The third-order valence-electron chi connectivity index (χ3n) is 3.52. The minimum atomic E-state index is -4.27. The maximum Gasteiger partial charge on any atom is 0.416 e. The van der Waals surface area contributed by atoms with Gasteiger partial charge in [0.2, 0.25) is 0 Å². The minimum Gasteiger partial charge on any atom is -0.377 e. The largest absolute Gasteiger partial charge is 0.416 e. The Balaban J connectivity index is 2.01. The van der Waals surface area contributed by atoms with Crippen molar-refractivity contribution >= 4 is 0 Å². The van der Waals surface area contributed by atoms with Crippen molar-refractivity contribution < 1.29 is 17.9 Å². The Bertz CT molecular complexity index is 396. The van der Waals surface area contributed by atoms with E-state index in [1.54, 1.807) is 12.1 Å². The number of rotatable bonds is 4. The lowest BCUT2D eigenvalue weighted by atomic mass is 9.99. The molecule has 2 unspecified atom stereocenters. The molecule has 1 aromatic carbocycles. The lowest BCUT2D eigenvalue weighted by Crippen LogP contribution is -2.39. The molecule has 1 aliphatic heterocycles. The molecule has 1 fully saturated rings. The summed E-state index contributed by atoms with van der Waals surface area (Å²) in [6.07, 6.45) is -1.37. The van der Waals surface area contributed by atoms with Crippen molar-refractivity contribution in [1.29, 1.82) is 0 Å². The molecule has 5 heteroatoms. The van der Waals surface area contributed by atoms with Crippen LogP contribution in [0.25, 0.3) is 0 Å². The van der Waals surface area contributed by atoms with Crippen molar-refractivity contribution in [3.8, 4) is 0 Å². The quantitative estimate of drug-likeness (QED) is 0.910. The van der Waals surface area contributed by atoms with Crippen LogP contribution >= 0.6 is 0 Å². The predicted octanol–water partition coefficient (Wildman–Crippen LogP) is 3.01. The maximum absolute atomic E-state index is 12.5. The second kappa shape index (κ2) is 5.92. The summed E-state index contributed by atoms with van der Waals surface area (Å²) >= 11 is 0. The van der Waals surface area contributed by atoms with E-state index in [9.17, 15) is 13.2 Å². The van der Waals surface area contributed by atoms with Crippen molar-refractivity contribution in [2.24, 2.45) is 0 Å². The molecule has 2 rings (SSSR count). The summed E-state index contributed by atoms with van der Waals surface area (Å²) in [5.74, 6) is 0. The Labute approximate surface area is 111 Å². The molecule has 1 N–H and O–H groups in total. The molecule has 0 bridgehead atoms. The van der Waals surface area contributed by atoms with E-state index in [0.717, 1.165) is 37.1 Å². The van der Waals surface area contributed by atoms with Gasteiger partial charge >= 0.3 is 6.18 Å². The van der Waals surface area contributed by atoms with Gasteiger partial charge in [-0.25, -0.2) is 0 Å². The molecule has 1 aromatic rings. The monoisotopic (exact) mass is 273 g/mol. The number of ether oxygens (including phenoxy) is 1. The molecule has 1 saturated heterocycles. The van der Waals surface area contributed by atoms with Crippen LogP contribution in [0, 0.1) is 0 Å². The lowest BCUT2D eigenvalue weighted by molar-refractivity contribution is -0.137. The maximum atomic E-state index is 12.5. The summed E-state index contributed by atoms with van der Waals surface area (Å²) in [6, 6.07) is 5.51. The van der Waals surface area contributed by atoms with Gasteiger partial charge in [0.05, 0.1) is 11.7 Å². The second-order valence-electron chi connectivity index (χ2n) is 4.85. The highest BCUT2D eigenvalue weighted by atomic mass is 19.4. The van der Waals surface area contributed by atoms with Crippen LogP contribution in [0.3, 0.4) is 0 Å². The molecule has 19 heavy (non-hydrogen) atoms. The summed E-state index contributed by atoms with van der Waals surface area (Å²) < 4.78 is 43.0. The van der Waals surface area contributed by atoms with Crippen molar-refractivity contribution in [2.75, 3.05) is 13.7 Å². The fourth-order valence-electron chi connectivity index (χ4n) is 2.42. The first-order valence-electron chi connectivity index (χ1n) is 6.45. The molecule has 2 atom stereocenters. The van der Waals surface area contributed by atoms with E-state index < -0.39 is 11.7 Å². The summed E-state index contributed by atoms with van der Waals surface area (Å²) in [4.78, 5) is 0. The standard InChI is InChI=1S/C14H18F3NO/c1-18-12(13-3-2-8-19-13)9-10-4-6-11(7-5-10)14(15,16)17/h4-7,12-13,18H,2-3,8-9H2,1H3. The van der Waals surface area contributed by atoms with Crippen LogP contribution < -0.4 is 5.32 Å². The molecular formula is C14H18F3NO. The van der Waals surface area contributed by atoms with Crippen LogP contribution in [0.2, 0.25) is 0 Å². The van der Waals surface area contributed by atoms with E-state index in [-0.39, 0.29) is 12.1 Å². The zero-order chi connectivity index (χ0) is 13.9. The molecule has 0 aromatic heterocycles. The Morgan fingerprint density at radius 1 is 1.32 bits per heavy atom. The van der Waals surface area contributed by atoms with Crippen LogP contribution in [0.4, 0.5) is 13.2 Å². The highest BCUT2D eigenvalue weighted by molar-refractivity contribution is 5.25. The molecule has 1 heterocycles. The predicted molar refractivity (Wildman–Crippen MR) is 67.0 cm³/mol. The SMILES string of the molecule is CNC(Cc1ccc(C(F)(F)F)cc1)C1CCCO1. The van der Waals surface area contributed by atoms with Gasteiger partial charge in [-0.2, -0.15) is 13.2 Å². The molecular weight excluding hydrogens is 255 g/mol. The van der Waals surface area contributed by atoms with Gasteiger partial charge in [-0.15, -0.1) is 0 Å². The average Bonchev–Trinajstić information content (AvgIpc) is 2.89. The van der Waals surface area contributed by atoms with Crippen LogP contribution in [-0.2, 0) is 17.3 Å². The van der Waals surface area contributed by atoms with Crippen molar-refractivity contribution in [1.82, 2.24) is 5.32 Å². The zero-order valence-corrected chi connectivity index (χ0v) is 10.8. The van der Waals surface area contributed by atoms with Crippen LogP contribution in [-0.4, -0.2) is 25.8 Å². The molecule has 1 aliphatic rings. The number of hydrogen-bond acceptors (Lipinski definition) is 2. The number of hydrogen-bond donors (Lipinski definition) is 1. The lowest BCUT2D eigenvalue weighted by Gasteiger charge is -2.22. The molecule has 106 valence electrons. The van der Waals surface area contributed by atoms with Gasteiger partial charge in [0.1, 0.15) is 0 Å². The number of benzene rings is 1. The fourth-order valence-corrected chi connectivity index (χ4v) is 2.42. The number of alkyl halides is 3. The van der Waals surface area contributed by atoms with Crippen molar-refractivity contribution in [3.05, 3.63) is 35.4 Å². The summed E-state index contributed by atoms with van der Waals surface area (Å²) in [5.41, 5.74) is 0.289. The molecule has 0 aliphatic carbocycles. The van der Waals surface area contributed by atoms with Crippen LogP contribution in [0.15, 0.2) is 24.3 Å². The summed E-state index contributed by atoms with van der Waals surface area (Å²) in [7, 11) is 1.86. The van der Waals surface area contributed by atoms with E-state index in [2.05, 4.69) is 5.32 Å². The van der Waals surface area contributed by atoms with E-state index in [1.165, 1.54) is 0 Å². The summed E-state index contributed by atoms with van der Waals surface area (Å²) in [6.45, 7) is 0.774. The third kappa shape index (κ3) is 3.70. The summed E-state index contributed by atoms with van der Waals surface area (Å²) in [5, 5.41) is 3.19. The molecule has 0 radical (unpaired) electrons. The molecule has 0 amide bonds. The Morgan fingerprint density at radius 3 is 2.47 bits per heavy atom. The number of likely N-dealkylation sites (N-methyl/N-ethyl adjacent to an activating group) is 1. The van der Waals surface area contributed by atoms with Gasteiger partial charge in [-0.1, -0.05) is 12.1 Å². The van der Waals surface area contributed by atoms with E-state index in [0.29, 0.717) is 6.42 Å².